The van der Waals surface area contributed by atoms with Crippen LogP contribution in [0.2, 0.25) is 10.0 Å². The summed E-state index contributed by atoms with van der Waals surface area (Å²) in [5.41, 5.74) is 1.81. The minimum absolute atomic E-state index is 0.141. The molecular weight excluding hydrogens is 301 g/mol. The molecule has 0 fully saturated rings. The number of fused-ring (bicyclic) bond motifs is 1. The first-order chi connectivity index (χ1) is 9.45. The minimum atomic E-state index is -0.159. The van der Waals surface area contributed by atoms with Gasteiger partial charge in [0.1, 0.15) is 5.71 Å². The third-order valence-corrected chi connectivity index (χ3v) is 3.31. The van der Waals surface area contributed by atoms with Crippen molar-refractivity contribution in [3.8, 4) is 5.75 Å². The Morgan fingerprint density at radius 1 is 1.20 bits per heavy atom. The Morgan fingerprint density at radius 3 is 2.50 bits per heavy atom. The highest BCUT2D eigenvalue weighted by atomic mass is 35.5. The van der Waals surface area contributed by atoms with Gasteiger partial charge in [0, 0.05) is 0 Å². The van der Waals surface area contributed by atoms with E-state index in [0.29, 0.717) is 28.8 Å². The molecule has 8 heteroatoms. The van der Waals surface area contributed by atoms with Crippen molar-refractivity contribution in [2.45, 2.75) is 13.8 Å². The fraction of sp³-hybridized carbons (Fsp3) is 0.167. The summed E-state index contributed by atoms with van der Waals surface area (Å²) >= 11 is 11.8. The second-order valence-electron chi connectivity index (χ2n) is 4.28. The van der Waals surface area contributed by atoms with Gasteiger partial charge in [-0.05, 0) is 26.0 Å². The highest BCUT2D eigenvalue weighted by Crippen LogP contribution is 2.36. The van der Waals surface area contributed by atoms with Gasteiger partial charge in [-0.3, -0.25) is 0 Å². The molecule has 1 aromatic carbocycles. The van der Waals surface area contributed by atoms with E-state index in [-0.39, 0.29) is 15.8 Å². The van der Waals surface area contributed by atoms with Crippen LogP contribution >= 0.6 is 23.2 Å². The van der Waals surface area contributed by atoms with E-state index in [2.05, 4.69) is 20.2 Å². The number of benzene rings is 1. The van der Waals surface area contributed by atoms with Crippen LogP contribution in [0.25, 0.3) is 0 Å². The summed E-state index contributed by atoms with van der Waals surface area (Å²) < 4.78 is 0. The molecule has 1 aromatic heterocycles. The Labute approximate surface area is 124 Å². The lowest BCUT2D eigenvalue weighted by molar-refractivity contribution is 0.476. The van der Waals surface area contributed by atoms with Gasteiger partial charge >= 0.3 is 0 Å². The molecule has 0 spiro atoms. The number of aromatic nitrogens is 3. The second kappa shape index (κ2) is 4.57. The van der Waals surface area contributed by atoms with Crippen molar-refractivity contribution in [2.24, 2.45) is 10.1 Å². The summed E-state index contributed by atoms with van der Waals surface area (Å²) in [5, 5.41) is 18.2. The second-order valence-corrected chi connectivity index (χ2v) is 5.09. The van der Waals surface area contributed by atoms with Gasteiger partial charge < -0.3 is 5.11 Å². The average Bonchev–Trinajstić information content (AvgIpc) is 2.84. The van der Waals surface area contributed by atoms with E-state index in [9.17, 15) is 5.11 Å². The molecule has 0 saturated heterocycles. The van der Waals surface area contributed by atoms with E-state index in [1.54, 1.807) is 6.92 Å². The van der Waals surface area contributed by atoms with Crippen molar-refractivity contribution in [3.05, 3.63) is 33.8 Å². The fourth-order valence-electron chi connectivity index (χ4n) is 1.85. The Bertz CT molecular complexity index is 755. The molecule has 2 aromatic rings. The third kappa shape index (κ3) is 2.07. The predicted molar refractivity (Wildman–Crippen MR) is 77.6 cm³/mol. The molecule has 1 aliphatic rings. The standard InChI is InChI=1S/C12H9Cl2N5O/c1-5-10(12-15-6(2)18-19(12)17-5)16-7-3-8(13)11(20)9(14)4-7/h3-4,20H,1-2H3. The summed E-state index contributed by atoms with van der Waals surface area (Å²) in [6.07, 6.45) is 0. The van der Waals surface area contributed by atoms with E-state index in [0.717, 1.165) is 0 Å². The molecule has 0 amide bonds. The van der Waals surface area contributed by atoms with Crippen molar-refractivity contribution < 1.29 is 5.11 Å². The van der Waals surface area contributed by atoms with Crippen LogP contribution in [-0.2, 0) is 0 Å². The Balaban J connectivity index is 2.11. The molecule has 6 nitrogen and oxygen atoms in total. The molecule has 0 unspecified atom stereocenters. The lowest BCUT2D eigenvalue weighted by Gasteiger charge is -2.02. The first-order valence-corrected chi connectivity index (χ1v) is 6.48. The van der Waals surface area contributed by atoms with Crippen molar-refractivity contribution >= 4 is 40.3 Å². The maximum Gasteiger partial charge on any atom is 0.204 e. The number of aliphatic imine (C=N–C) groups is 1. The minimum Gasteiger partial charge on any atom is -0.505 e. The van der Waals surface area contributed by atoms with Crippen LogP contribution in [-0.4, -0.2) is 31.4 Å². The van der Waals surface area contributed by atoms with Gasteiger partial charge in [-0.1, -0.05) is 23.2 Å². The highest BCUT2D eigenvalue weighted by Gasteiger charge is 2.23. The molecule has 20 heavy (non-hydrogen) atoms. The molecule has 0 radical (unpaired) electrons. The van der Waals surface area contributed by atoms with Crippen molar-refractivity contribution in [1.82, 2.24) is 14.9 Å². The molecule has 0 atom stereocenters. The summed E-state index contributed by atoms with van der Waals surface area (Å²) in [7, 11) is 0. The Hall–Kier alpha value is -1.92. The van der Waals surface area contributed by atoms with Crippen LogP contribution in [0, 0.1) is 6.92 Å². The quantitative estimate of drug-likeness (QED) is 0.880. The van der Waals surface area contributed by atoms with Gasteiger partial charge in [0.05, 0.1) is 21.4 Å². The molecule has 0 aliphatic carbocycles. The molecule has 2 heterocycles. The van der Waals surface area contributed by atoms with Crippen LogP contribution in [0.4, 0.5) is 5.69 Å². The van der Waals surface area contributed by atoms with Gasteiger partial charge in [-0.25, -0.2) is 9.98 Å². The number of rotatable bonds is 1. The van der Waals surface area contributed by atoms with Gasteiger partial charge in [-0.15, -0.1) is 9.89 Å². The summed E-state index contributed by atoms with van der Waals surface area (Å²) in [6, 6.07) is 3.05. The largest absolute Gasteiger partial charge is 0.505 e. The van der Waals surface area contributed by atoms with Crippen LogP contribution in [0.1, 0.15) is 18.6 Å². The molecule has 0 saturated carbocycles. The normalized spacial score (nSPS) is 15.6. The fourth-order valence-corrected chi connectivity index (χ4v) is 2.33. The van der Waals surface area contributed by atoms with Gasteiger partial charge in [-0.2, -0.15) is 5.10 Å². The van der Waals surface area contributed by atoms with E-state index in [1.807, 2.05) is 6.92 Å². The number of halogens is 2. The number of nitrogens with zero attached hydrogens (tertiary/aromatic N) is 5. The zero-order valence-corrected chi connectivity index (χ0v) is 12.1. The first-order valence-electron chi connectivity index (χ1n) is 5.72. The number of hydrogen-bond donors (Lipinski definition) is 1. The zero-order valence-electron chi connectivity index (χ0n) is 10.6. The maximum atomic E-state index is 9.54. The molecule has 0 bridgehead atoms. The summed E-state index contributed by atoms with van der Waals surface area (Å²) in [5.74, 6) is 1.03. The lowest BCUT2D eigenvalue weighted by Crippen LogP contribution is -2.08. The van der Waals surface area contributed by atoms with Crippen LogP contribution in [0.5, 0.6) is 5.75 Å². The summed E-state index contributed by atoms with van der Waals surface area (Å²) in [6.45, 7) is 3.59. The third-order valence-electron chi connectivity index (χ3n) is 2.74. The van der Waals surface area contributed by atoms with Gasteiger partial charge in [0.15, 0.2) is 11.6 Å². The number of phenolic OH excluding ortho intramolecular Hbond substituents is 1. The van der Waals surface area contributed by atoms with Crippen molar-refractivity contribution in [3.63, 3.8) is 0 Å². The van der Waals surface area contributed by atoms with Crippen LogP contribution in [0.15, 0.2) is 22.2 Å². The number of hydrogen-bond acceptors (Lipinski definition) is 5. The Morgan fingerprint density at radius 2 is 1.85 bits per heavy atom. The van der Waals surface area contributed by atoms with Crippen LogP contribution in [0.3, 0.4) is 0 Å². The number of phenols is 1. The number of aromatic hydroxyl groups is 1. The zero-order chi connectivity index (χ0) is 14.4. The van der Waals surface area contributed by atoms with E-state index in [1.165, 1.54) is 16.9 Å². The highest BCUT2D eigenvalue weighted by molar-refractivity contribution is 6.48. The molecule has 3 rings (SSSR count). The smallest absolute Gasteiger partial charge is 0.204 e. The molecule has 1 N–H and O–H groups in total. The monoisotopic (exact) mass is 309 g/mol. The van der Waals surface area contributed by atoms with E-state index >= 15 is 0 Å². The lowest BCUT2D eigenvalue weighted by atomic mass is 10.2. The molecular formula is C12H9Cl2N5O. The molecule has 102 valence electrons. The Kier molecular flexibility index (Phi) is 2.99. The van der Waals surface area contributed by atoms with Crippen molar-refractivity contribution in [2.75, 3.05) is 0 Å². The van der Waals surface area contributed by atoms with Gasteiger partial charge in [0.25, 0.3) is 0 Å². The van der Waals surface area contributed by atoms with E-state index in [4.69, 9.17) is 23.2 Å². The molecule has 1 aliphatic heterocycles. The van der Waals surface area contributed by atoms with Gasteiger partial charge in [0.2, 0.25) is 5.82 Å². The van der Waals surface area contributed by atoms with E-state index < -0.39 is 0 Å². The van der Waals surface area contributed by atoms with Crippen LogP contribution < -0.4 is 0 Å². The average molecular weight is 310 g/mol. The SMILES string of the molecule is CC1=Nn2nc(C)nc2C1=Nc1cc(Cl)c(O)c(Cl)c1. The van der Waals surface area contributed by atoms with Crippen molar-refractivity contribution in [1.29, 1.82) is 0 Å². The first kappa shape index (κ1) is 13.1. The topological polar surface area (TPSA) is 75.7 Å². The predicted octanol–water partition coefficient (Wildman–Crippen LogP) is 2.96. The maximum absolute atomic E-state index is 9.54. The summed E-state index contributed by atoms with van der Waals surface area (Å²) in [4.78, 5) is 10.1. The number of aryl methyl sites for hydroxylation is 1.